The molecule has 0 unspecified atom stereocenters. The van der Waals surface area contributed by atoms with Crippen LogP contribution < -0.4 is 0 Å². The van der Waals surface area contributed by atoms with Gasteiger partial charge < -0.3 is 9.84 Å². The molecule has 0 bridgehead atoms. The normalized spacial score (nSPS) is 10.6. The fourth-order valence-electron chi connectivity index (χ4n) is 1.63. The lowest BCUT2D eigenvalue weighted by Crippen LogP contribution is -2.06. The number of thioether (sulfide) groups is 1. The second kappa shape index (κ2) is 14.8. The Morgan fingerprint density at radius 2 is 1.78 bits per heavy atom. The average Bonchev–Trinajstić information content (AvgIpc) is 2.37. The number of hydrogen-bond acceptors (Lipinski definition) is 4. The first-order chi connectivity index (χ1) is 8.81. The molecule has 0 saturated carbocycles. The van der Waals surface area contributed by atoms with Crippen molar-refractivity contribution in [2.75, 3.05) is 24.7 Å². The van der Waals surface area contributed by atoms with Crippen molar-refractivity contribution in [1.29, 1.82) is 0 Å². The number of hydrogen-bond donors (Lipinski definition) is 1. The molecule has 0 heterocycles. The second-order valence-electron chi connectivity index (χ2n) is 4.43. The molecule has 0 radical (unpaired) electrons. The quantitative estimate of drug-likeness (QED) is 0.414. The molecular formula is C14H28O3S. The van der Waals surface area contributed by atoms with E-state index in [-0.39, 0.29) is 12.6 Å². The summed E-state index contributed by atoms with van der Waals surface area (Å²) in [6.45, 7) is 3.00. The summed E-state index contributed by atoms with van der Waals surface area (Å²) in [6.07, 6.45) is 8.65. The molecule has 0 fully saturated rings. The van der Waals surface area contributed by atoms with Crippen molar-refractivity contribution in [2.45, 2.75) is 58.3 Å². The van der Waals surface area contributed by atoms with Crippen LogP contribution in [0.25, 0.3) is 0 Å². The van der Waals surface area contributed by atoms with Gasteiger partial charge in [-0.2, -0.15) is 11.8 Å². The number of rotatable bonds is 13. The van der Waals surface area contributed by atoms with Gasteiger partial charge in [-0.1, -0.05) is 39.0 Å². The molecule has 0 rings (SSSR count). The summed E-state index contributed by atoms with van der Waals surface area (Å²) in [5.74, 6) is 1.60. The van der Waals surface area contributed by atoms with Crippen molar-refractivity contribution in [1.82, 2.24) is 0 Å². The highest BCUT2D eigenvalue weighted by Crippen LogP contribution is 2.07. The fourth-order valence-corrected chi connectivity index (χ4v) is 2.31. The van der Waals surface area contributed by atoms with E-state index in [1.165, 1.54) is 32.1 Å². The van der Waals surface area contributed by atoms with Gasteiger partial charge in [0.1, 0.15) is 0 Å². The first kappa shape index (κ1) is 17.8. The minimum absolute atomic E-state index is 0.0758. The number of aliphatic hydroxyl groups is 1. The Hall–Kier alpha value is -0.220. The Balaban J connectivity index is 3.12. The summed E-state index contributed by atoms with van der Waals surface area (Å²) in [6, 6.07) is 0. The van der Waals surface area contributed by atoms with E-state index < -0.39 is 0 Å². The van der Waals surface area contributed by atoms with Crippen molar-refractivity contribution in [3.05, 3.63) is 0 Å². The van der Waals surface area contributed by atoms with Crippen molar-refractivity contribution < 1.29 is 14.6 Å². The molecular weight excluding hydrogens is 248 g/mol. The van der Waals surface area contributed by atoms with Crippen LogP contribution in [0.2, 0.25) is 0 Å². The standard InChI is InChI=1S/C14H28O3S/c1-2-3-4-5-6-7-11-17-14(16)9-8-12-18-13-10-15/h15H,2-13H2,1H3. The number of unbranched alkanes of at least 4 members (excludes halogenated alkanes) is 5. The van der Waals surface area contributed by atoms with E-state index >= 15 is 0 Å². The Morgan fingerprint density at radius 3 is 2.50 bits per heavy atom. The number of esters is 1. The summed E-state index contributed by atoms with van der Waals surface area (Å²) in [4.78, 5) is 11.3. The second-order valence-corrected chi connectivity index (χ2v) is 5.65. The molecule has 3 nitrogen and oxygen atoms in total. The first-order valence-corrected chi connectivity index (χ1v) is 8.31. The van der Waals surface area contributed by atoms with Crippen molar-refractivity contribution in [3.63, 3.8) is 0 Å². The van der Waals surface area contributed by atoms with Crippen LogP contribution in [0.4, 0.5) is 0 Å². The summed E-state index contributed by atoms with van der Waals surface area (Å²) in [5.41, 5.74) is 0. The zero-order valence-corrected chi connectivity index (χ0v) is 12.5. The maximum absolute atomic E-state index is 11.3. The fraction of sp³-hybridized carbons (Fsp3) is 0.929. The first-order valence-electron chi connectivity index (χ1n) is 7.15. The predicted molar refractivity (Wildman–Crippen MR) is 78.0 cm³/mol. The van der Waals surface area contributed by atoms with E-state index in [1.807, 2.05) is 0 Å². The Labute approximate surface area is 116 Å². The van der Waals surface area contributed by atoms with Crippen LogP contribution in [0.1, 0.15) is 58.3 Å². The molecule has 1 N–H and O–H groups in total. The largest absolute Gasteiger partial charge is 0.466 e. The molecule has 108 valence electrons. The molecule has 0 amide bonds. The summed E-state index contributed by atoms with van der Waals surface area (Å²) in [5, 5.41) is 8.58. The molecule has 0 spiro atoms. The van der Waals surface area contributed by atoms with Crippen LogP contribution in [0.3, 0.4) is 0 Å². The van der Waals surface area contributed by atoms with Gasteiger partial charge in [0.2, 0.25) is 0 Å². The smallest absolute Gasteiger partial charge is 0.305 e. The number of carbonyl (C=O) groups is 1. The van der Waals surface area contributed by atoms with Crippen LogP contribution in [0.5, 0.6) is 0 Å². The zero-order valence-electron chi connectivity index (χ0n) is 11.7. The highest BCUT2D eigenvalue weighted by molar-refractivity contribution is 7.99. The van der Waals surface area contributed by atoms with E-state index in [0.717, 1.165) is 24.3 Å². The van der Waals surface area contributed by atoms with Gasteiger partial charge in [-0.3, -0.25) is 4.79 Å². The van der Waals surface area contributed by atoms with Crippen LogP contribution in [-0.4, -0.2) is 35.8 Å². The third-order valence-corrected chi connectivity index (χ3v) is 3.71. The van der Waals surface area contributed by atoms with Crippen LogP contribution >= 0.6 is 11.8 Å². The Kier molecular flexibility index (Phi) is 14.7. The van der Waals surface area contributed by atoms with Crippen LogP contribution in [0, 0.1) is 0 Å². The van der Waals surface area contributed by atoms with Gasteiger partial charge in [0, 0.05) is 12.2 Å². The minimum Gasteiger partial charge on any atom is -0.466 e. The summed E-state index contributed by atoms with van der Waals surface area (Å²) in [7, 11) is 0. The Bertz CT molecular complexity index is 186. The van der Waals surface area contributed by atoms with Gasteiger partial charge in [-0.15, -0.1) is 0 Å². The zero-order chi connectivity index (χ0) is 13.5. The third kappa shape index (κ3) is 13.8. The highest BCUT2D eigenvalue weighted by atomic mass is 32.2. The van der Waals surface area contributed by atoms with Gasteiger partial charge >= 0.3 is 5.97 Å². The van der Waals surface area contributed by atoms with Crippen LogP contribution in [0.15, 0.2) is 0 Å². The maximum atomic E-state index is 11.3. The topological polar surface area (TPSA) is 46.5 Å². The van der Waals surface area contributed by atoms with Gasteiger partial charge in [0.05, 0.1) is 13.2 Å². The van der Waals surface area contributed by atoms with Crippen LogP contribution in [-0.2, 0) is 9.53 Å². The van der Waals surface area contributed by atoms with Crippen molar-refractivity contribution in [2.24, 2.45) is 0 Å². The minimum atomic E-state index is -0.0758. The molecule has 0 aromatic carbocycles. The van der Waals surface area contributed by atoms with E-state index in [1.54, 1.807) is 11.8 Å². The lowest BCUT2D eigenvalue weighted by atomic mass is 10.1. The van der Waals surface area contributed by atoms with Crippen molar-refractivity contribution >= 4 is 17.7 Å². The van der Waals surface area contributed by atoms with Gasteiger partial charge in [-0.05, 0) is 18.6 Å². The molecule has 18 heavy (non-hydrogen) atoms. The molecule has 0 aromatic heterocycles. The highest BCUT2D eigenvalue weighted by Gasteiger charge is 2.02. The molecule has 0 aliphatic heterocycles. The summed E-state index contributed by atoms with van der Waals surface area (Å²) >= 11 is 1.68. The van der Waals surface area contributed by atoms with E-state index in [9.17, 15) is 4.79 Å². The lowest BCUT2D eigenvalue weighted by molar-refractivity contribution is -0.143. The lowest BCUT2D eigenvalue weighted by Gasteiger charge is -2.04. The van der Waals surface area contributed by atoms with E-state index in [4.69, 9.17) is 9.84 Å². The van der Waals surface area contributed by atoms with Gasteiger partial charge in [0.25, 0.3) is 0 Å². The van der Waals surface area contributed by atoms with Crippen molar-refractivity contribution in [3.8, 4) is 0 Å². The monoisotopic (exact) mass is 276 g/mol. The predicted octanol–water partition coefficient (Wildman–Crippen LogP) is 3.40. The molecule has 4 heteroatoms. The summed E-state index contributed by atoms with van der Waals surface area (Å²) < 4.78 is 5.16. The molecule has 0 atom stereocenters. The number of ether oxygens (including phenoxy) is 1. The third-order valence-electron chi connectivity index (χ3n) is 2.67. The molecule has 0 aliphatic carbocycles. The Morgan fingerprint density at radius 1 is 1.06 bits per heavy atom. The molecule has 0 aromatic rings. The average molecular weight is 276 g/mol. The number of aliphatic hydroxyl groups excluding tert-OH is 1. The number of carbonyl (C=O) groups excluding carboxylic acids is 1. The molecule has 0 aliphatic rings. The van der Waals surface area contributed by atoms with Gasteiger partial charge in [-0.25, -0.2) is 0 Å². The SMILES string of the molecule is CCCCCCCCOC(=O)CCCSCCO. The molecule has 0 saturated heterocycles. The van der Waals surface area contributed by atoms with E-state index in [0.29, 0.717) is 13.0 Å². The van der Waals surface area contributed by atoms with E-state index in [2.05, 4.69) is 6.92 Å². The van der Waals surface area contributed by atoms with Gasteiger partial charge in [0.15, 0.2) is 0 Å². The maximum Gasteiger partial charge on any atom is 0.305 e.